The van der Waals surface area contributed by atoms with Crippen LogP contribution in [0.15, 0.2) is 12.3 Å². The molecule has 0 spiro atoms. The number of hydrogen-bond donors (Lipinski definition) is 0. The summed E-state index contributed by atoms with van der Waals surface area (Å²) in [7, 11) is 0. The molecular weight excluding hydrogens is 146 g/mol. The van der Waals surface area contributed by atoms with Crippen LogP contribution >= 0.6 is 0 Å². The Balaban J connectivity index is 2.69. The zero-order valence-electron chi connectivity index (χ0n) is 6.02. The standard InChI is InChI=1S/C6H7N3O2/c1-2-11-6(10)5-3-4-7-9-8-5/h3-4H,2H2,1H3. The molecule has 0 aliphatic heterocycles. The number of carbonyl (C=O) groups excluding carboxylic acids is 1. The first kappa shape index (κ1) is 7.59. The van der Waals surface area contributed by atoms with Crippen LogP contribution < -0.4 is 0 Å². The fourth-order valence-electron chi connectivity index (χ4n) is 0.555. The van der Waals surface area contributed by atoms with Crippen LogP contribution in [0.25, 0.3) is 0 Å². The lowest BCUT2D eigenvalue weighted by molar-refractivity contribution is 0.0517. The zero-order chi connectivity index (χ0) is 8.10. The molecule has 0 aliphatic carbocycles. The Kier molecular flexibility index (Phi) is 2.48. The molecule has 0 unspecified atom stereocenters. The van der Waals surface area contributed by atoms with Crippen molar-refractivity contribution in [1.82, 2.24) is 15.4 Å². The van der Waals surface area contributed by atoms with E-state index in [1.807, 2.05) is 0 Å². The molecular formula is C6H7N3O2. The first-order valence-corrected chi connectivity index (χ1v) is 3.16. The molecule has 1 rings (SSSR count). The van der Waals surface area contributed by atoms with Crippen molar-refractivity contribution in [2.24, 2.45) is 0 Å². The number of ether oxygens (including phenoxy) is 1. The highest BCUT2D eigenvalue weighted by Crippen LogP contribution is 1.92. The van der Waals surface area contributed by atoms with E-state index < -0.39 is 5.97 Å². The highest BCUT2D eigenvalue weighted by molar-refractivity contribution is 5.86. The Morgan fingerprint density at radius 3 is 3.09 bits per heavy atom. The molecule has 1 aromatic rings. The van der Waals surface area contributed by atoms with Crippen LogP contribution in [0.3, 0.4) is 0 Å². The van der Waals surface area contributed by atoms with E-state index in [0.29, 0.717) is 6.61 Å². The fraction of sp³-hybridized carbons (Fsp3) is 0.333. The van der Waals surface area contributed by atoms with Crippen LogP contribution in [0, 0.1) is 0 Å². The summed E-state index contributed by atoms with van der Waals surface area (Å²) < 4.78 is 4.66. The highest BCUT2D eigenvalue weighted by Gasteiger charge is 2.06. The molecule has 0 fully saturated rings. The zero-order valence-corrected chi connectivity index (χ0v) is 6.02. The van der Waals surface area contributed by atoms with Gasteiger partial charge in [0, 0.05) is 0 Å². The molecule has 0 aliphatic rings. The number of rotatable bonds is 2. The second-order valence-corrected chi connectivity index (χ2v) is 1.73. The summed E-state index contributed by atoms with van der Waals surface area (Å²) in [4.78, 5) is 10.9. The van der Waals surface area contributed by atoms with Crippen LogP contribution in [0.1, 0.15) is 17.4 Å². The smallest absolute Gasteiger partial charge is 0.358 e. The molecule has 58 valence electrons. The van der Waals surface area contributed by atoms with Gasteiger partial charge in [-0.2, -0.15) is 0 Å². The highest BCUT2D eigenvalue weighted by atomic mass is 16.5. The number of carbonyl (C=O) groups is 1. The predicted molar refractivity (Wildman–Crippen MR) is 35.8 cm³/mol. The molecule has 0 bridgehead atoms. The summed E-state index contributed by atoms with van der Waals surface area (Å²) in [5, 5.41) is 10.2. The minimum Gasteiger partial charge on any atom is -0.461 e. The van der Waals surface area contributed by atoms with Crippen LogP contribution in [0.4, 0.5) is 0 Å². The Morgan fingerprint density at radius 1 is 1.73 bits per heavy atom. The summed E-state index contributed by atoms with van der Waals surface area (Å²) in [6.45, 7) is 2.06. The molecule has 0 radical (unpaired) electrons. The summed E-state index contributed by atoms with van der Waals surface area (Å²) in [5.41, 5.74) is 0.182. The molecule has 0 amide bonds. The van der Waals surface area contributed by atoms with E-state index >= 15 is 0 Å². The molecule has 0 saturated heterocycles. The Bertz CT molecular complexity index is 237. The molecule has 0 N–H and O–H groups in total. The Morgan fingerprint density at radius 2 is 2.55 bits per heavy atom. The van der Waals surface area contributed by atoms with Gasteiger partial charge in [0.1, 0.15) is 0 Å². The van der Waals surface area contributed by atoms with E-state index in [1.54, 1.807) is 6.92 Å². The fourth-order valence-corrected chi connectivity index (χ4v) is 0.555. The van der Waals surface area contributed by atoms with Crippen LogP contribution in [-0.2, 0) is 4.74 Å². The van der Waals surface area contributed by atoms with Gasteiger partial charge < -0.3 is 4.74 Å². The third-order valence-electron chi connectivity index (χ3n) is 0.988. The van der Waals surface area contributed by atoms with Gasteiger partial charge in [0.05, 0.1) is 12.8 Å². The van der Waals surface area contributed by atoms with E-state index in [4.69, 9.17) is 0 Å². The van der Waals surface area contributed by atoms with Crippen molar-refractivity contribution in [1.29, 1.82) is 0 Å². The van der Waals surface area contributed by atoms with E-state index in [1.165, 1.54) is 12.3 Å². The van der Waals surface area contributed by atoms with Gasteiger partial charge in [-0.1, -0.05) is 0 Å². The molecule has 0 atom stereocenters. The van der Waals surface area contributed by atoms with Crippen molar-refractivity contribution < 1.29 is 9.53 Å². The largest absolute Gasteiger partial charge is 0.461 e. The number of esters is 1. The maximum Gasteiger partial charge on any atom is 0.358 e. The van der Waals surface area contributed by atoms with Crippen molar-refractivity contribution in [2.45, 2.75) is 6.92 Å². The third-order valence-corrected chi connectivity index (χ3v) is 0.988. The van der Waals surface area contributed by atoms with E-state index in [9.17, 15) is 4.79 Å². The normalized spacial score (nSPS) is 9.18. The third kappa shape index (κ3) is 1.96. The van der Waals surface area contributed by atoms with Crippen molar-refractivity contribution in [3.05, 3.63) is 18.0 Å². The van der Waals surface area contributed by atoms with Gasteiger partial charge in [-0.3, -0.25) is 0 Å². The van der Waals surface area contributed by atoms with Gasteiger partial charge in [-0.05, 0) is 18.2 Å². The Hall–Kier alpha value is -1.52. The van der Waals surface area contributed by atoms with Gasteiger partial charge in [-0.25, -0.2) is 4.79 Å². The number of aromatic nitrogens is 3. The predicted octanol–water partition coefficient (Wildman–Crippen LogP) is 0.0483. The summed E-state index contributed by atoms with van der Waals surface area (Å²) >= 11 is 0. The van der Waals surface area contributed by atoms with Crippen molar-refractivity contribution in [3.8, 4) is 0 Å². The maximum absolute atomic E-state index is 10.9. The molecule has 5 nitrogen and oxygen atoms in total. The number of nitrogens with zero attached hydrogens (tertiary/aromatic N) is 3. The van der Waals surface area contributed by atoms with Gasteiger partial charge in [0.15, 0.2) is 5.69 Å². The molecule has 0 saturated carbocycles. The molecule has 1 aromatic heterocycles. The van der Waals surface area contributed by atoms with Crippen molar-refractivity contribution >= 4 is 5.97 Å². The SMILES string of the molecule is CCOC(=O)c1ccnnn1. The van der Waals surface area contributed by atoms with Crippen LogP contribution in [-0.4, -0.2) is 28.0 Å². The number of hydrogen-bond acceptors (Lipinski definition) is 5. The molecule has 0 aromatic carbocycles. The molecule has 11 heavy (non-hydrogen) atoms. The quantitative estimate of drug-likeness (QED) is 0.561. The minimum absolute atomic E-state index is 0.182. The summed E-state index contributed by atoms with van der Waals surface area (Å²) in [6, 6.07) is 1.45. The second-order valence-electron chi connectivity index (χ2n) is 1.73. The monoisotopic (exact) mass is 153 g/mol. The van der Waals surface area contributed by atoms with Crippen molar-refractivity contribution in [2.75, 3.05) is 6.61 Å². The van der Waals surface area contributed by atoms with Crippen LogP contribution in [0.2, 0.25) is 0 Å². The Labute approximate surface area is 63.4 Å². The lowest BCUT2D eigenvalue weighted by Crippen LogP contribution is -2.07. The average Bonchev–Trinajstić information content (AvgIpc) is 2.07. The van der Waals surface area contributed by atoms with Gasteiger partial charge >= 0.3 is 5.97 Å². The van der Waals surface area contributed by atoms with E-state index in [2.05, 4.69) is 20.1 Å². The second kappa shape index (κ2) is 3.60. The first-order chi connectivity index (χ1) is 5.34. The van der Waals surface area contributed by atoms with E-state index in [0.717, 1.165) is 0 Å². The molecule has 5 heteroatoms. The lowest BCUT2D eigenvalue weighted by Gasteiger charge is -1.96. The lowest BCUT2D eigenvalue weighted by atomic mass is 10.4. The maximum atomic E-state index is 10.9. The van der Waals surface area contributed by atoms with E-state index in [-0.39, 0.29) is 5.69 Å². The average molecular weight is 153 g/mol. The first-order valence-electron chi connectivity index (χ1n) is 3.16. The van der Waals surface area contributed by atoms with Crippen molar-refractivity contribution in [3.63, 3.8) is 0 Å². The summed E-state index contributed by atoms with van der Waals surface area (Å²) in [6.07, 6.45) is 1.39. The topological polar surface area (TPSA) is 65.0 Å². The van der Waals surface area contributed by atoms with Gasteiger partial charge in [0.25, 0.3) is 0 Å². The molecule has 1 heterocycles. The van der Waals surface area contributed by atoms with Gasteiger partial charge in [-0.15, -0.1) is 10.2 Å². The summed E-state index contributed by atoms with van der Waals surface area (Å²) in [5.74, 6) is -0.470. The van der Waals surface area contributed by atoms with Crippen LogP contribution in [0.5, 0.6) is 0 Å². The minimum atomic E-state index is -0.470. The van der Waals surface area contributed by atoms with Gasteiger partial charge in [0.2, 0.25) is 0 Å².